The molecular weight excluding hydrogens is 214 g/mol. The van der Waals surface area contributed by atoms with E-state index in [1.165, 1.54) is 6.42 Å². The maximum absolute atomic E-state index is 5.79. The highest BCUT2D eigenvalue weighted by atomic mass is 16.5. The molecule has 4 heteroatoms. The summed E-state index contributed by atoms with van der Waals surface area (Å²) in [5, 5.41) is 0. The number of ether oxygens (including phenoxy) is 1. The summed E-state index contributed by atoms with van der Waals surface area (Å²) in [5.41, 5.74) is 7.89. The number of aromatic nitrogens is 2. The van der Waals surface area contributed by atoms with Gasteiger partial charge in [-0.1, -0.05) is 6.07 Å². The Kier molecular flexibility index (Phi) is 2.82. The van der Waals surface area contributed by atoms with Gasteiger partial charge in [0.15, 0.2) is 0 Å². The minimum absolute atomic E-state index is 0.138. The van der Waals surface area contributed by atoms with Gasteiger partial charge in [-0.05, 0) is 30.9 Å². The number of pyridine rings is 1. The van der Waals surface area contributed by atoms with Crippen molar-refractivity contribution in [2.24, 2.45) is 5.73 Å². The molecule has 0 bridgehead atoms. The van der Waals surface area contributed by atoms with E-state index in [2.05, 4.69) is 21.6 Å². The molecule has 2 aromatic heterocycles. The van der Waals surface area contributed by atoms with Gasteiger partial charge >= 0.3 is 0 Å². The van der Waals surface area contributed by atoms with E-state index in [0.717, 1.165) is 36.4 Å². The van der Waals surface area contributed by atoms with Gasteiger partial charge in [-0.15, -0.1) is 0 Å². The highest BCUT2D eigenvalue weighted by molar-refractivity contribution is 5.47. The Hall–Kier alpha value is -1.39. The Bertz CT molecular complexity index is 514. The Labute approximate surface area is 100 Å². The molecule has 0 spiro atoms. The van der Waals surface area contributed by atoms with Crippen LogP contribution in [-0.2, 0) is 11.3 Å². The monoisotopic (exact) mass is 231 g/mol. The van der Waals surface area contributed by atoms with Gasteiger partial charge in [0.05, 0.1) is 11.7 Å². The molecule has 3 rings (SSSR count). The molecule has 0 radical (unpaired) electrons. The average molecular weight is 231 g/mol. The topological polar surface area (TPSA) is 52.5 Å². The number of rotatable bonds is 2. The number of imidazole rings is 1. The van der Waals surface area contributed by atoms with Crippen LogP contribution in [0.15, 0.2) is 24.5 Å². The fraction of sp³-hybridized carbons (Fsp3) is 0.462. The van der Waals surface area contributed by atoms with E-state index in [9.17, 15) is 0 Å². The van der Waals surface area contributed by atoms with Crippen LogP contribution in [0.4, 0.5) is 0 Å². The molecule has 17 heavy (non-hydrogen) atoms. The van der Waals surface area contributed by atoms with E-state index in [-0.39, 0.29) is 6.10 Å². The lowest BCUT2D eigenvalue weighted by molar-refractivity contribution is 0.00915. The van der Waals surface area contributed by atoms with E-state index in [1.54, 1.807) is 0 Å². The molecule has 0 saturated carbocycles. The third-order valence-electron chi connectivity index (χ3n) is 3.32. The summed E-state index contributed by atoms with van der Waals surface area (Å²) in [6.07, 6.45) is 7.54. The van der Waals surface area contributed by atoms with Crippen molar-refractivity contribution in [1.82, 2.24) is 9.38 Å². The lowest BCUT2D eigenvalue weighted by atomic mass is 10.1. The van der Waals surface area contributed by atoms with Gasteiger partial charge in [0.2, 0.25) is 0 Å². The molecule has 1 saturated heterocycles. The molecular formula is C13H17N3O. The minimum atomic E-state index is 0.138. The fourth-order valence-electron chi connectivity index (χ4n) is 2.36. The summed E-state index contributed by atoms with van der Waals surface area (Å²) in [5.74, 6) is 1.01. The SMILES string of the molecule is NCc1ccc2cnc(C3CCCCO3)n2c1. The molecule has 0 aliphatic carbocycles. The highest BCUT2D eigenvalue weighted by Gasteiger charge is 2.20. The summed E-state index contributed by atoms with van der Waals surface area (Å²) >= 11 is 0. The summed E-state index contributed by atoms with van der Waals surface area (Å²) < 4.78 is 7.90. The zero-order chi connectivity index (χ0) is 11.7. The van der Waals surface area contributed by atoms with Crippen LogP contribution in [0, 0.1) is 0 Å². The first-order chi connectivity index (χ1) is 8.38. The fourth-order valence-corrected chi connectivity index (χ4v) is 2.36. The Morgan fingerprint density at radius 3 is 3.12 bits per heavy atom. The van der Waals surface area contributed by atoms with Crippen molar-refractivity contribution in [3.8, 4) is 0 Å². The molecule has 4 nitrogen and oxygen atoms in total. The van der Waals surface area contributed by atoms with Crippen molar-refractivity contribution in [1.29, 1.82) is 0 Å². The third kappa shape index (κ3) is 1.94. The molecule has 1 fully saturated rings. The summed E-state index contributed by atoms with van der Waals surface area (Å²) in [6, 6.07) is 4.10. The molecule has 1 atom stereocenters. The van der Waals surface area contributed by atoms with Crippen molar-refractivity contribution < 1.29 is 4.74 Å². The molecule has 1 aliphatic rings. The van der Waals surface area contributed by atoms with E-state index in [0.29, 0.717) is 6.54 Å². The zero-order valence-electron chi connectivity index (χ0n) is 9.80. The quantitative estimate of drug-likeness (QED) is 0.860. The predicted octanol–water partition coefficient (Wildman–Crippen LogP) is 2.03. The number of nitrogens with two attached hydrogens (primary N) is 1. The van der Waals surface area contributed by atoms with E-state index in [4.69, 9.17) is 10.5 Å². The van der Waals surface area contributed by atoms with E-state index < -0.39 is 0 Å². The largest absolute Gasteiger partial charge is 0.370 e. The second-order valence-electron chi connectivity index (χ2n) is 4.51. The van der Waals surface area contributed by atoms with Crippen LogP contribution in [0.2, 0.25) is 0 Å². The van der Waals surface area contributed by atoms with Gasteiger partial charge in [-0.2, -0.15) is 0 Å². The summed E-state index contributed by atoms with van der Waals surface area (Å²) in [6.45, 7) is 1.40. The molecule has 2 N–H and O–H groups in total. The van der Waals surface area contributed by atoms with Crippen LogP contribution in [-0.4, -0.2) is 16.0 Å². The van der Waals surface area contributed by atoms with Crippen molar-refractivity contribution in [3.05, 3.63) is 35.9 Å². The molecule has 2 aromatic rings. The Morgan fingerprint density at radius 1 is 1.41 bits per heavy atom. The predicted molar refractivity (Wildman–Crippen MR) is 65.6 cm³/mol. The first-order valence-corrected chi connectivity index (χ1v) is 6.16. The molecule has 1 aliphatic heterocycles. The molecule has 1 unspecified atom stereocenters. The van der Waals surface area contributed by atoms with Gasteiger partial charge < -0.3 is 14.9 Å². The smallest absolute Gasteiger partial charge is 0.142 e. The first kappa shape index (κ1) is 10.7. The first-order valence-electron chi connectivity index (χ1n) is 6.16. The van der Waals surface area contributed by atoms with Crippen LogP contribution >= 0.6 is 0 Å². The molecule has 0 amide bonds. The summed E-state index contributed by atoms with van der Waals surface area (Å²) in [4.78, 5) is 4.49. The van der Waals surface area contributed by atoms with Crippen molar-refractivity contribution >= 4 is 5.52 Å². The Balaban J connectivity index is 2.02. The van der Waals surface area contributed by atoms with Gasteiger partial charge in [-0.3, -0.25) is 0 Å². The highest BCUT2D eigenvalue weighted by Crippen LogP contribution is 2.27. The lowest BCUT2D eigenvalue weighted by Gasteiger charge is -2.21. The maximum atomic E-state index is 5.79. The van der Waals surface area contributed by atoms with Crippen LogP contribution < -0.4 is 5.73 Å². The van der Waals surface area contributed by atoms with Gasteiger partial charge in [-0.25, -0.2) is 4.98 Å². The zero-order valence-corrected chi connectivity index (χ0v) is 9.80. The third-order valence-corrected chi connectivity index (χ3v) is 3.32. The standard InChI is InChI=1S/C13H17N3O/c14-7-10-4-5-11-8-15-13(16(11)9-10)12-3-1-2-6-17-12/h4-5,8-9,12H,1-3,6-7,14H2. The van der Waals surface area contributed by atoms with E-state index in [1.807, 2.05) is 12.3 Å². The number of hydrogen-bond donors (Lipinski definition) is 1. The number of nitrogens with zero attached hydrogens (tertiary/aromatic N) is 2. The van der Waals surface area contributed by atoms with Gasteiger partial charge in [0.1, 0.15) is 11.9 Å². The molecule has 0 aromatic carbocycles. The van der Waals surface area contributed by atoms with Crippen LogP contribution in [0.25, 0.3) is 5.52 Å². The van der Waals surface area contributed by atoms with Crippen LogP contribution in [0.3, 0.4) is 0 Å². The summed E-state index contributed by atoms with van der Waals surface area (Å²) in [7, 11) is 0. The lowest BCUT2D eigenvalue weighted by Crippen LogP contribution is -2.14. The van der Waals surface area contributed by atoms with Gasteiger partial charge in [0, 0.05) is 19.3 Å². The second-order valence-corrected chi connectivity index (χ2v) is 4.51. The average Bonchev–Trinajstić information content (AvgIpc) is 2.82. The number of hydrogen-bond acceptors (Lipinski definition) is 3. The van der Waals surface area contributed by atoms with Crippen molar-refractivity contribution in [2.45, 2.75) is 31.9 Å². The van der Waals surface area contributed by atoms with Crippen LogP contribution in [0.5, 0.6) is 0 Å². The molecule has 3 heterocycles. The van der Waals surface area contributed by atoms with Crippen molar-refractivity contribution in [3.63, 3.8) is 0 Å². The Morgan fingerprint density at radius 2 is 2.35 bits per heavy atom. The van der Waals surface area contributed by atoms with Gasteiger partial charge in [0.25, 0.3) is 0 Å². The minimum Gasteiger partial charge on any atom is -0.370 e. The molecule has 90 valence electrons. The maximum Gasteiger partial charge on any atom is 0.142 e. The normalized spacial score (nSPS) is 20.9. The van der Waals surface area contributed by atoms with Crippen LogP contribution in [0.1, 0.15) is 36.8 Å². The van der Waals surface area contributed by atoms with Crippen molar-refractivity contribution in [2.75, 3.05) is 6.61 Å². The number of fused-ring (bicyclic) bond motifs is 1. The second kappa shape index (κ2) is 4.47. The van der Waals surface area contributed by atoms with E-state index >= 15 is 0 Å².